The van der Waals surface area contributed by atoms with Gasteiger partial charge in [-0.1, -0.05) is 45.0 Å². The molecule has 0 radical (unpaired) electrons. The molecule has 0 unspecified atom stereocenters. The molecule has 138 valence electrons. The lowest BCUT2D eigenvalue weighted by Gasteiger charge is -2.19. The fourth-order valence-electron chi connectivity index (χ4n) is 3.39. The van der Waals surface area contributed by atoms with Crippen LogP contribution in [-0.4, -0.2) is 18.1 Å². The average Bonchev–Trinajstić information content (AvgIpc) is 3.03. The van der Waals surface area contributed by atoms with Crippen molar-refractivity contribution in [3.05, 3.63) is 71.0 Å². The van der Waals surface area contributed by atoms with Gasteiger partial charge in [-0.25, -0.2) is 4.79 Å². The van der Waals surface area contributed by atoms with Gasteiger partial charge in [0.05, 0.1) is 12.7 Å². The van der Waals surface area contributed by atoms with Crippen molar-refractivity contribution in [3.8, 4) is 11.3 Å². The van der Waals surface area contributed by atoms with Gasteiger partial charge in [0.15, 0.2) is 0 Å². The Hall–Kier alpha value is -3.03. The summed E-state index contributed by atoms with van der Waals surface area (Å²) in [5, 5.41) is 1.16. The molecular formula is C24H25NO2. The van der Waals surface area contributed by atoms with Crippen LogP contribution >= 0.6 is 0 Å². The van der Waals surface area contributed by atoms with E-state index in [1.54, 1.807) is 0 Å². The molecule has 1 heterocycles. The molecule has 0 fully saturated rings. The number of aromatic nitrogens is 1. The van der Waals surface area contributed by atoms with E-state index in [0.29, 0.717) is 12.0 Å². The summed E-state index contributed by atoms with van der Waals surface area (Å²) in [5.41, 5.74) is 10.7. The number of benzene rings is 2. The molecule has 1 aromatic heterocycles. The number of nitrogens with one attached hydrogen (secondary N) is 1. The van der Waals surface area contributed by atoms with Crippen LogP contribution in [0.2, 0.25) is 0 Å². The molecule has 0 saturated carbocycles. The van der Waals surface area contributed by atoms with Crippen LogP contribution in [0.25, 0.3) is 27.7 Å². The maximum Gasteiger partial charge on any atom is 0.341 e. The molecule has 0 bridgehead atoms. The molecule has 3 nitrogen and oxygen atoms in total. The van der Waals surface area contributed by atoms with Gasteiger partial charge in [-0.2, -0.15) is 0 Å². The SMILES string of the molecule is COC(=O)C1=C=C(c2ccc3[nH]c(-c4cccc(C(C)(C)C)c4)cc3c2)C1.[HH]. The van der Waals surface area contributed by atoms with Crippen molar-refractivity contribution in [3.63, 3.8) is 0 Å². The van der Waals surface area contributed by atoms with Crippen molar-refractivity contribution >= 4 is 22.4 Å². The van der Waals surface area contributed by atoms with E-state index >= 15 is 0 Å². The van der Waals surface area contributed by atoms with Crippen LogP contribution < -0.4 is 0 Å². The van der Waals surface area contributed by atoms with Gasteiger partial charge in [0.25, 0.3) is 0 Å². The molecule has 27 heavy (non-hydrogen) atoms. The summed E-state index contributed by atoms with van der Waals surface area (Å²) in [4.78, 5) is 15.0. The Kier molecular flexibility index (Phi) is 4.05. The number of hydrogen-bond acceptors (Lipinski definition) is 2. The van der Waals surface area contributed by atoms with Crippen molar-refractivity contribution < 1.29 is 11.0 Å². The van der Waals surface area contributed by atoms with E-state index in [0.717, 1.165) is 27.7 Å². The zero-order valence-electron chi connectivity index (χ0n) is 16.1. The minimum Gasteiger partial charge on any atom is -0.465 e. The van der Waals surface area contributed by atoms with Crippen molar-refractivity contribution in [1.82, 2.24) is 4.98 Å². The van der Waals surface area contributed by atoms with Gasteiger partial charge >= 0.3 is 5.97 Å². The third-order valence-electron chi connectivity index (χ3n) is 5.10. The molecule has 1 aliphatic rings. The minimum atomic E-state index is -0.289. The van der Waals surface area contributed by atoms with Gasteiger partial charge in [-0.3, -0.25) is 0 Å². The molecule has 1 aliphatic carbocycles. The number of rotatable bonds is 3. The summed E-state index contributed by atoms with van der Waals surface area (Å²) in [5.74, 6) is -0.289. The number of esters is 1. The first-order valence-electron chi connectivity index (χ1n) is 9.16. The molecule has 0 atom stereocenters. The number of fused-ring (bicyclic) bond motifs is 1. The van der Waals surface area contributed by atoms with Crippen molar-refractivity contribution in [2.24, 2.45) is 0 Å². The van der Waals surface area contributed by atoms with Gasteiger partial charge in [0.1, 0.15) is 0 Å². The number of aromatic amines is 1. The summed E-state index contributed by atoms with van der Waals surface area (Å²) in [6, 6.07) is 17.2. The molecule has 4 rings (SSSR count). The first kappa shape index (κ1) is 17.4. The fourth-order valence-corrected chi connectivity index (χ4v) is 3.39. The normalized spacial score (nSPS) is 13.8. The van der Waals surface area contributed by atoms with E-state index in [1.165, 1.54) is 18.2 Å². The van der Waals surface area contributed by atoms with Crippen molar-refractivity contribution in [2.45, 2.75) is 32.6 Å². The standard InChI is InChI=1S/C24H23NO2.H2/c1-24(2,3)20-7-5-6-16(13-20)22-14-18-10-15(8-9-21(18)25-22)17-11-19(12-17)23(26)27-4;/h5-10,13-14,25H,11H2,1-4H3;1H. The highest BCUT2D eigenvalue weighted by atomic mass is 16.5. The number of methoxy groups -OCH3 is 1. The summed E-state index contributed by atoms with van der Waals surface area (Å²) >= 11 is 0. The first-order valence-corrected chi connectivity index (χ1v) is 9.16. The molecule has 2 aromatic carbocycles. The first-order chi connectivity index (χ1) is 12.8. The van der Waals surface area contributed by atoms with Gasteiger partial charge in [0.2, 0.25) is 0 Å². The maximum absolute atomic E-state index is 11.5. The van der Waals surface area contributed by atoms with Gasteiger partial charge in [0, 0.05) is 30.0 Å². The van der Waals surface area contributed by atoms with Crippen LogP contribution in [0, 0.1) is 0 Å². The maximum atomic E-state index is 11.5. The summed E-state index contributed by atoms with van der Waals surface area (Å²) in [6.07, 6.45) is 0.614. The van der Waals surface area contributed by atoms with E-state index < -0.39 is 0 Å². The lowest BCUT2D eigenvalue weighted by atomic mass is 9.86. The monoisotopic (exact) mass is 359 g/mol. The molecule has 0 saturated heterocycles. The van der Waals surface area contributed by atoms with E-state index in [1.807, 2.05) is 0 Å². The van der Waals surface area contributed by atoms with E-state index in [9.17, 15) is 4.79 Å². The summed E-state index contributed by atoms with van der Waals surface area (Å²) in [7, 11) is 1.40. The number of H-pyrrole nitrogens is 1. The number of ether oxygens (including phenoxy) is 1. The van der Waals surface area contributed by atoms with Crippen LogP contribution in [0.5, 0.6) is 0 Å². The Morgan fingerprint density at radius 3 is 2.59 bits per heavy atom. The molecule has 3 aromatic rings. The predicted molar refractivity (Wildman–Crippen MR) is 112 cm³/mol. The lowest BCUT2D eigenvalue weighted by molar-refractivity contribution is -0.136. The van der Waals surface area contributed by atoms with Crippen LogP contribution in [0.1, 0.15) is 39.7 Å². The average molecular weight is 359 g/mol. The van der Waals surface area contributed by atoms with Crippen LogP contribution in [0.3, 0.4) is 0 Å². The molecule has 3 heteroatoms. The van der Waals surface area contributed by atoms with E-state index in [-0.39, 0.29) is 12.8 Å². The Morgan fingerprint density at radius 1 is 1.11 bits per heavy atom. The highest BCUT2D eigenvalue weighted by Gasteiger charge is 2.20. The second-order valence-corrected chi connectivity index (χ2v) is 8.07. The predicted octanol–water partition coefficient (Wildman–Crippen LogP) is 5.86. The van der Waals surface area contributed by atoms with E-state index in [4.69, 9.17) is 4.74 Å². The number of hydrogen-bond donors (Lipinski definition) is 1. The van der Waals surface area contributed by atoms with E-state index in [2.05, 4.69) is 80.0 Å². The lowest BCUT2D eigenvalue weighted by Crippen LogP contribution is -2.10. The van der Waals surface area contributed by atoms with Crippen LogP contribution in [0.15, 0.2) is 59.8 Å². The second kappa shape index (κ2) is 6.29. The second-order valence-electron chi connectivity index (χ2n) is 8.07. The topological polar surface area (TPSA) is 42.1 Å². The highest BCUT2D eigenvalue weighted by Crippen LogP contribution is 2.33. The van der Waals surface area contributed by atoms with Crippen LogP contribution in [-0.2, 0) is 14.9 Å². The number of carbonyl (C=O) groups is 1. The third-order valence-corrected chi connectivity index (χ3v) is 5.10. The Morgan fingerprint density at radius 2 is 1.89 bits per heavy atom. The third kappa shape index (κ3) is 3.22. The number of carbonyl (C=O) groups excluding carboxylic acids is 1. The van der Waals surface area contributed by atoms with Crippen LogP contribution in [0.4, 0.5) is 0 Å². The van der Waals surface area contributed by atoms with Gasteiger partial charge in [-0.15, -0.1) is 5.73 Å². The molecular weight excluding hydrogens is 334 g/mol. The summed E-state index contributed by atoms with van der Waals surface area (Å²) < 4.78 is 4.74. The minimum absolute atomic E-state index is 0. The zero-order valence-corrected chi connectivity index (χ0v) is 16.1. The van der Waals surface area contributed by atoms with Crippen molar-refractivity contribution in [2.75, 3.05) is 7.11 Å². The molecule has 0 spiro atoms. The largest absolute Gasteiger partial charge is 0.465 e. The molecule has 1 N–H and O–H groups in total. The van der Waals surface area contributed by atoms with Gasteiger partial charge in [-0.05, 0) is 46.4 Å². The highest BCUT2D eigenvalue weighted by molar-refractivity contribution is 5.97. The quantitative estimate of drug-likeness (QED) is 0.470. The fraction of sp³-hybridized carbons (Fsp3) is 0.250. The smallest absolute Gasteiger partial charge is 0.341 e. The Bertz CT molecular complexity index is 1120. The Labute approximate surface area is 160 Å². The zero-order chi connectivity index (χ0) is 19.2. The Balaban J connectivity index is 0.00000225. The van der Waals surface area contributed by atoms with Crippen molar-refractivity contribution in [1.29, 1.82) is 0 Å². The van der Waals surface area contributed by atoms with Gasteiger partial charge < -0.3 is 9.72 Å². The summed E-state index contributed by atoms with van der Waals surface area (Å²) in [6.45, 7) is 6.68. The molecule has 0 amide bonds. The molecule has 0 aliphatic heterocycles.